The summed E-state index contributed by atoms with van der Waals surface area (Å²) < 4.78 is 0. The van der Waals surface area contributed by atoms with Gasteiger partial charge in [0.25, 0.3) is 0 Å². The van der Waals surface area contributed by atoms with E-state index < -0.39 is 0 Å². The summed E-state index contributed by atoms with van der Waals surface area (Å²) in [5.41, 5.74) is 10.7. The molecule has 2 aromatic rings. The van der Waals surface area contributed by atoms with Crippen molar-refractivity contribution in [1.29, 1.82) is 0 Å². The van der Waals surface area contributed by atoms with E-state index in [1.54, 1.807) is 0 Å². The number of thioether (sulfide) groups is 1. The van der Waals surface area contributed by atoms with E-state index in [1.165, 1.54) is 40.8 Å². The predicted octanol–water partition coefficient (Wildman–Crippen LogP) is 5.05. The van der Waals surface area contributed by atoms with Gasteiger partial charge in [-0.25, -0.2) is 0 Å². The highest BCUT2D eigenvalue weighted by Crippen LogP contribution is 2.39. The molecule has 0 saturated heterocycles. The number of hydrogen-bond acceptors (Lipinski definition) is 2. The molecule has 1 aliphatic carbocycles. The smallest absolute Gasteiger partial charge is 0.0393 e. The summed E-state index contributed by atoms with van der Waals surface area (Å²) in [6.07, 6.45) is 4.02. The van der Waals surface area contributed by atoms with Crippen LogP contribution in [-0.2, 0) is 0 Å². The molecule has 2 aromatic carbocycles. The Kier molecular flexibility index (Phi) is 4.67. The maximum absolute atomic E-state index is 6.49. The van der Waals surface area contributed by atoms with Crippen molar-refractivity contribution < 1.29 is 0 Å². The molecule has 2 heteroatoms. The maximum Gasteiger partial charge on any atom is 0.0393 e. The molecule has 0 radical (unpaired) electrons. The lowest BCUT2D eigenvalue weighted by molar-refractivity contribution is 0.416. The van der Waals surface area contributed by atoms with E-state index in [4.69, 9.17) is 5.73 Å². The van der Waals surface area contributed by atoms with Crippen LogP contribution >= 0.6 is 11.8 Å². The average Bonchev–Trinajstić information content (AvgIpc) is 2.45. The van der Waals surface area contributed by atoms with E-state index in [0.717, 1.165) is 11.7 Å². The Hall–Kier alpha value is -1.25. The van der Waals surface area contributed by atoms with Gasteiger partial charge in [-0.05, 0) is 48.4 Å². The lowest BCUT2D eigenvalue weighted by Crippen LogP contribution is -2.19. The predicted molar refractivity (Wildman–Crippen MR) is 91.9 cm³/mol. The number of aryl methyl sites for hydroxylation is 1. The molecule has 1 unspecified atom stereocenters. The van der Waals surface area contributed by atoms with Gasteiger partial charge in [0.1, 0.15) is 0 Å². The second-order valence-electron chi connectivity index (χ2n) is 5.94. The van der Waals surface area contributed by atoms with E-state index >= 15 is 0 Å². The monoisotopic (exact) mass is 297 g/mol. The lowest BCUT2D eigenvalue weighted by atomic mass is 9.77. The van der Waals surface area contributed by atoms with Gasteiger partial charge in [0.05, 0.1) is 0 Å². The molecule has 1 nitrogen and oxygen atoms in total. The first kappa shape index (κ1) is 14.7. The summed E-state index contributed by atoms with van der Waals surface area (Å²) in [6, 6.07) is 17.4. The summed E-state index contributed by atoms with van der Waals surface area (Å²) in [6.45, 7) is 2.16. The van der Waals surface area contributed by atoms with Crippen molar-refractivity contribution >= 4 is 11.8 Å². The Morgan fingerprint density at radius 1 is 1.10 bits per heavy atom. The summed E-state index contributed by atoms with van der Waals surface area (Å²) in [5, 5.41) is 0. The first-order valence-electron chi connectivity index (χ1n) is 7.78. The normalized spacial score (nSPS) is 16.5. The van der Waals surface area contributed by atoms with Crippen molar-refractivity contribution in [3.63, 3.8) is 0 Å². The molecule has 110 valence electrons. The first-order chi connectivity index (χ1) is 10.3. The van der Waals surface area contributed by atoms with Crippen molar-refractivity contribution in [2.45, 2.75) is 43.0 Å². The van der Waals surface area contributed by atoms with Crippen LogP contribution in [0, 0.1) is 6.92 Å². The van der Waals surface area contributed by atoms with Crippen molar-refractivity contribution in [2.24, 2.45) is 5.73 Å². The molecule has 1 atom stereocenters. The van der Waals surface area contributed by atoms with Crippen LogP contribution in [0.3, 0.4) is 0 Å². The van der Waals surface area contributed by atoms with E-state index in [2.05, 4.69) is 55.5 Å². The summed E-state index contributed by atoms with van der Waals surface area (Å²) >= 11 is 1.87. The summed E-state index contributed by atoms with van der Waals surface area (Å²) in [7, 11) is 0. The summed E-state index contributed by atoms with van der Waals surface area (Å²) in [5.74, 6) is 1.69. The fourth-order valence-electron chi connectivity index (χ4n) is 2.93. The highest BCUT2D eigenvalue weighted by Gasteiger charge is 2.23. The van der Waals surface area contributed by atoms with Gasteiger partial charge in [0.2, 0.25) is 0 Å². The maximum atomic E-state index is 6.49. The second kappa shape index (κ2) is 6.67. The Bertz CT molecular complexity index is 604. The average molecular weight is 297 g/mol. The molecule has 1 fully saturated rings. The Labute approximate surface area is 132 Å². The molecule has 2 N–H and O–H groups in total. The van der Waals surface area contributed by atoms with Crippen LogP contribution in [0.1, 0.15) is 47.9 Å². The third kappa shape index (κ3) is 3.33. The number of nitrogens with two attached hydrogens (primary N) is 1. The minimum Gasteiger partial charge on any atom is -0.323 e. The van der Waals surface area contributed by atoms with Crippen molar-refractivity contribution in [1.82, 2.24) is 0 Å². The molecule has 0 bridgehead atoms. The SMILES string of the molecule is Cc1ccccc1SCC(N)c1ccccc1C1CCC1. The standard InChI is InChI=1S/C19H23NS/c1-14-7-2-5-12-19(14)21-13-18(20)17-11-4-3-10-16(17)15-8-6-9-15/h2-5,7,10-12,15,18H,6,8-9,13,20H2,1H3. The third-order valence-electron chi connectivity index (χ3n) is 4.45. The number of benzene rings is 2. The molecule has 0 heterocycles. The summed E-state index contributed by atoms with van der Waals surface area (Å²) in [4.78, 5) is 1.34. The molecule has 0 aromatic heterocycles. The molecule has 21 heavy (non-hydrogen) atoms. The van der Waals surface area contributed by atoms with Gasteiger partial charge in [-0.2, -0.15) is 0 Å². The quantitative estimate of drug-likeness (QED) is 0.781. The zero-order chi connectivity index (χ0) is 14.7. The molecule has 1 saturated carbocycles. The van der Waals surface area contributed by atoms with Gasteiger partial charge in [-0.15, -0.1) is 11.8 Å². The fourth-order valence-corrected chi connectivity index (χ4v) is 3.94. The molecule has 1 aliphatic rings. The highest BCUT2D eigenvalue weighted by molar-refractivity contribution is 7.99. The van der Waals surface area contributed by atoms with Gasteiger partial charge in [0, 0.05) is 16.7 Å². The van der Waals surface area contributed by atoms with E-state index in [9.17, 15) is 0 Å². The van der Waals surface area contributed by atoms with Crippen LogP contribution in [-0.4, -0.2) is 5.75 Å². The topological polar surface area (TPSA) is 26.0 Å². The zero-order valence-corrected chi connectivity index (χ0v) is 13.4. The molecule has 3 rings (SSSR count). The van der Waals surface area contributed by atoms with Crippen molar-refractivity contribution in [3.05, 3.63) is 65.2 Å². The first-order valence-corrected chi connectivity index (χ1v) is 8.77. The van der Waals surface area contributed by atoms with Crippen molar-refractivity contribution in [3.8, 4) is 0 Å². The number of rotatable bonds is 5. The van der Waals surface area contributed by atoms with Gasteiger partial charge < -0.3 is 5.73 Å². The van der Waals surface area contributed by atoms with Crippen LogP contribution < -0.4 is 5.73 Å². The molecule has 0 spiro atoms. The number of hydrogen-bond donors (Lipinski definition) is 1. The lowest BCUT2D eigenvalue weighted by Gasteiger charge is -2.29. The Morgan fingerprint density at radius 2 is 1.81 bits per heavy atom. The van der Waals surface area contributed by atoms with E-state index in [-0.39, 0.29) is 6.04 Å². The Balaban J connectivity index is 1.71. The van der Waals surface area contributed by atoms with Crippen LogP contribution in [0.25, 0.3) is 0 Å². The van der Waals surface area contributed by atoms with E-state index in [0.29, 0.717) is 0 Å². The minimum atomic E-state index is 0.117. The van der Waals surface area contributed by atoms with Crippen LogP contribution in [0.5, 0.6) is 0 Å². The van der Waals surface area contributed by atoms with Crippen LogP contribution in [0.2, 0.25) is 0 Å². The molecular weight excluding hydrogens is 274 g/mol. The largest absolute Gasteiger partial charge is 0.323 e. The van der Waals surface area contributed by atoms with Gasteiger partial charge in [-0.1, -0.05) is 48.9 Å². The van der Waals surface area contributed by atoms with Gasteiger partial charge >= 0.3 is 0 Å². The van der Waals surface area contributed by atoms with Crippen LogP contribution in [0.15, 0.2) is 53.4 Å². The molecule has 0 amide bonds. The van der Waals surface area contributed by atoms with Crippen molar-refractivity contribution in [2.75, 3.05) is 5.75 Å². The molecule has 0 aliphatic heterocycles. The van der Waals surface area contributed by atoms with Gasteiger partial charge in [-0.3, -0.25) is 0 Å². The second-order valence-corrected chi connectivity index (χ2v) is 7.00. The fraction of sp³-hybridized carbons (Fsp3) is 0.368. The Morgan fingerprint density at radius 3 is 2.52 bits per heavy atom. The molecular formula is C19H23NS. The van der Waals surface area contributed by atoms with Crippen LogP contribution in [0.4, 0.5) is 0 Å². The third-order valence-corrected chi connectivity index (χ3v) is 5.75. The zero-order valence-electron chi connectivity index (χ0n) is 12.6. The van der Waals surface area contributed by atoms with E-state index in [1.807, 2.05) is 11.8 Å². The highest BCUT2D eigenvalue weighted by atomic mass is 32.2. The van der Waals surface area contributed by atoms with Gasteiger partial charge in [0.15, 0.2) is 0 Å². The minimum absolute atomic E-state index is 0.117.